The molecule has 0 saturated carbocycles. The number of benzene rings is 1. The van der Waals surface area contributed by atoms with Gasteiger partial charge in [0.1, 0.15) is 0 Å². The van der Waals surface area contributed by atoms with Gasteiger partial charge in [0, 0.05) is 30.5 Å². The van der Waals surface area contributed by atoms with E-state index in [0.717, 1.165) is 5.69 Å². The molecular weight excluding hydrogens is 198 g/mol. The molecule has 1 saturated heterocycles. The number of rotatable bonds is 3. The molecule has 1 aromatic carbocycles. The Kier molecular flexibility index (Phi) is 3.67. The molecular formula is C13H21N3. The van der Waals surface area contributed by atoms with Crippen molar-refractivity contribution < 1.29 is 0 Å². The van der Waals surface area contributed by atoms with Gasteiger partial charge in [0.25, 0.3) is 0 Å². The third-order valence-electron chi connectivity index (χ3n) is 3.32. The molecule has 0 aromatic heterocycles. The minimum absolute atomic E-state index is 0.617. The number of piperidine rings is 1. The van der Waals surface area contributed by atoms with Crippen LogP contribution in [0, 0.1) is 0 Å². The van der Waals surface area contributed by atoms with E-state index in [1.165, 1.54) is 38.2 Å². The summed E-state index contributed by atoms with van der Waals surface area (Å²) in [5.41, 5.74) is 7.67. The van der Waals surface area contributed by atoms with E-state index in [0.29, 0.717) is 6.04 Å². The van der Waals surface area contributed by atoms with Crippen LogP contribution in [0.4, 0.5) is 11.4 Å². The van der Waals surface area contributed by atoms with Gasteiger partial charge in [-0.1, -0.05) is 6.92 Å². The van der Waals surface area contributed by atoms with E-state index in [2.05, 4.69) is 29.3 Å². The molecule has 3 heteroatoms. The summed E-state index contributed by atoms with van der Waals surface area (Å²) in [6.07, 6.45) is 2.47. The van der Waals surface area contributed by atoms with Crippen LogP contribution in [0.3, 0.4) is 0 Å². The summed E-state index contributed by atoms with van der Waals surface area (Å²) in [5, 5.41) is 3.57. The van der Waals surface area contributed by atoms with Crippen LogP contribution < -0.4 is 11.1 Å². The first-order chi connectivity index (χ1) is 7.78. The van der Waals surface area contributed by atoms with E-state index in [9.17, 15) is 0 Å². The zero-order valence-corrected chi connectivity index (χ0v) is 9.95. The van der Waals surface area contributed by atoms with Gasteiger partial charge in [-0.3, -0.25) is 0 Å². The lowest BCUT2D eigenvalue weighted by Crippen LogP contribution is -2.38. The molecule has 1 heterocycles. The summed E-state index contributed by atoms with van der Waals surface area (Å²) in [5.74, 6) is 0. The molecule has 0 bridgehead atoms. The van der Waals surface area contributed by atoms with Crippen molar-refractivity contribution in [2.24, 2.45) is 0 Å². The van der Waals surface area contributed by atoms with Crippen molar-refractivity contribution in [1.82, 2.24) is 4.90 Å². The lowest BCUT2D eigenvalue weighted by molar-refractivity contribution is 0.229. The van der Waals surface area contributed by atoms with Gasteiger partial charge in [0.05, 0.1) is 0 Å². The minimum atomic E-state index is 0.617. The van der Waals surface area contributed by atoms with Gasteiger partial charge in [-0.05, 0) is 43.7 Å². The molecule has 1 aliphatic rings. The van der Waals surface area contributed by atoms with Crippen LogP contribution in [0.2, 0.25) is 0 Å². The number of nitrogens with one attached hydrogen (secondary N) is 1. The first-order valence-electron chi connectivity index (χ1n) is 6.12. The lowest BCUT2D eigenvalue weighted by atomic mass is 10.0. The van der Waals surface area contributed by atoms with E-state index in [1.807, 2.05) is 12.1 Å². The highest BCUT2D eigenvalue weighted by Crippen LogP contribution is 2.17. The van der Waals surface area contributed by atoms with Crippen molar-refractivity contribution >= 4 is 11.4 Å². The van der Waals surface area contributed by atoms with E-state index in [4.69, 9.17) is 5.73 Å². The second-order valence-corrected chi connectivity index (χ2v) is 4.47. The van der Waals surface area contributed by atoms with Crippen molar-refractivity contribution in [2.45, 2.75) is 25.8 Å². The van der Waals surface area contributed by atoms with Crippen LogP contribution in [0.25, 0.3) is 0 Å². The smallest absolute Gasteiger partial charge is 0.0343 e. The topological polar surface area (TPSA) is 41.3 Å². The van der Waals surface area contributed by atoms with Crippen LogP contribution in [-0.4, -0.2) is 30.6 Å². The fraction of sp³-hybridized carbons (Fsp3) is 0.538. The number of hydrogen-bond donors (Lipinski definition) is 2. The predicted octanol–water partition coefficient (Wildman–Crippen LogP) is 2.17. The van der Waals surface area contributed by atoms with Gasteiger partial charge in [0.15, 0.2) is 0 Å². The summed E-state index contributed by atoms with van der Waals surface area (Å²) < 4.78 is 0. The number of nitrogens with zero attached hydrogens (tertiary/aromatic N) is 1. The van der Waals surface area contributed by atoms with Crippen molar-refractivity contribution in [3.8, 4) is 0 Å². The summed E-state index contributed by atoms with van der Waals surface area (Å²) in [4.78, 5) is 2.50. The molecule has 0 atom stereocenters. The molecule has 1 aliphatic heterocycles. The average Bonchev–Trinajstić information content (AvgIpc) is 2.33. The molecule has 0 aliphatic carbocycles. The molecule has 0 radical (unpaired) electrons. The maximum absolute atomic E-state index is 5.66. The quantitative estimate of drug-likeness (QED) is 0.765. The third-order valence-corrected chi connectivity index (χ3v) is 3.32. The number of anilines is 2. The standard InChI is InChI=1S/C13H21N3/c1-2-16-9-7-13(8-10-16)15-12-5-3-11(14)4-6-12/h3-6,13,15H,2,7-10,14H2,1H3. The monoisotopic (exact) mass is 219 g/mol. The van der Waals surface area contributed by atoms with Gasteiger partial charge < -0.3 is 16.0 Å². The SMILES string of the molecule is CCN1CCC(Nc2ccc(N)cc2)CC1. The summed E-state index contributed by atoms with van der Waals surface area (Å²) in [6.45, 7) is 5.83. The van der Waals surface area contributed by atoms with E-state index < -0.39 is 0 Å². The average molecular weight is 219 g/mol. The molecule has 88 valence electrons. The minimum Gasteiger partial charge on any atom is -0.399 e. The van der Waals surface area contributed by atoms with Crippen LogP contribution in [-0.2, 0) is 0 Å². The third kappa shape index (κ3) is 2.89. The molecule has 3 nitrogen and oxygen atoms in total. The van der Waals surface area contributed by atoms with Crippen molar-refractivity contribution in [2.75, 3.05) is 30.7 Å². The Labute approximate surface area is 97.6 Å². The Morgan fingerprint density at radius 3 is 2.44 bits per heavy atom. The van der Waals surface area contributed by atoms with Crippen LogP contribution in [0.1, 0.15) is 19.8 Å². The second-order valence-electron chi connectivity index (χ2n) is 4.47. The normalized spacial score (nSPS) is 18.6. The molecule has 2 rings (SSSR count). The van der Waals surface area contributed by atoms with Gasteiger partial charge in [-0.2, -0.15) is 0 Å². The van der Waals surface area contributed by atoms with E-state index >= 15 is 0 Å². The first-order valence-corrected chi connectivity index (χ1v) is 6.12. The highest BCUT2D eigenvalue weighted by molar-refractivity contribution is 5.51. The molecule has 0 spiro atoms. The van der Waals surface area contributed by atoms with Crippen LogP contribution in [0.15, 0.2) is 24.3 Å². The Bertz CT molecular complexity index is 312. The molecule has 0 amide bonds. The molecule has 3 N–H and O–H groups in total. The number of nitrogen functional groups attached to an aromatic ring is 1. The Morgan fingerprint density at radius 2 is 1.88 bits per heavy atom. The molecule has 0 unspecified atom stereocenters. The number of nitrogens with two attached hydrogens (primary N) is 1. The summed E-state index contributed by atoms with van der Waals surface area (Å²) in [6, 6.07) is 8.63. The molecule has 1 fully saturated rings. The van der Waals surface area contributed by atoms with Gasteiger partial charge in [-0.15, -0.1) is 0 Å². The van der Waals surface area contributed by atoms with Crippen molar-refractivity contribution in [3.05, 3.63) is 24.3 Å². The van der Waals surface area contributed by atoms with E-state index in [-0.39, 0.29) is 0 Å². The Hall–Kier alpha value is -1.22. The zero-order chi connectivity index (χ0) is 11.4. The van der Waals surface area contributed by atoms with Crippen LogP contribution >= 0.6 is 0 Å². The van der Waals surface area contributed by atoms with Crippen molar-refractivity contribution in [1.29, 1.82) is 0 Å². The largest absolute Gasteiger partial charge is 0.399 e. The highest BCUT2D eigenvalue weighted by atomic mass is 15.1. The molecule has 16 heavy (non-hydrogen) atoms. The lowest BCUT2D eigenvalue weighted by Gasteiger charge is -2.32. The van der Waals surface area contributed by atoms with Gasteiger partial charge in [-0.25, -0.2) is 0 Å². The fourth-order valence-corrected chi connectivity index (χ4v) is 2.21. The number of likely N-dealkylation sites (tertiary alicyclic amines) is 1. The highest BCUT2D eigenvalue weighted by Gasteiger charge is 2.17. The van der Waals surface area contributed by atoms with Crippen molar-refractivity contribution in [3.63, 3.8) is 0 Å². The van der Waals surface area contributed by atoms with Crippen LogP contribution in [0.5, 0.6) is 0 Å². The fourth-order valence-electron chi connectivity index (χ4n) is 2.21. The Balaban J connectivity index is 1.84. The second kappa shape index (κ2) is 5.21. The molecule has 1 aromatic rings. The first kappa shape index (κ1) is 11.3. The number of hydrogen-bond acceptors (Lipinski definition) is 3. The summed E-state index contributed by atoms with van der Waals surface area (Å²) in [7, 11) is 0. The maximum atomic E-state index is 5.66. The maximum Gasteiger partial charge on any atom is 0.0343 e. The Morgan fingerprint density at radius 1 is 1.25 bits per heavy atom. The predicted molar refractivity (Wildman–Crippen MR) is 69.6 cm³/mol. The zero-order valence-electron chi connectivity index (χ0n) is 9.95. The van der Waals surface area contributed by atoms with Gasteiger partial charge in [0.2, 0.25) is 0 Å². The summed E-state index contributed by atoms with van der Waals surface area (Å²) >= 11 is 0. The van der Waals surface area contributed by atoms with E-state index in [1.54, 1.807) is 0 Å². The van der Waals surface area contributed by atoms with Gasteiger partial charge >= 0.3 is 0 Å².